The van der Waals surface area contributed by atoms with Crippen LogP contribution in [0.4, 0.5) is 0 Å². The van der Waals surface area contributed by atoms with E-state index in [9.17, 15) is 0 Å². The van der Waals surface area contributed by atoms with Gasteiger partial charge in [0.05, 0.1) is 6.67 Å². The summed E-state index contributed by atoms with van der Waals surface area (Å²) in [7, 11) is 0. The zero-order valence-electron chi connectivity index (χ0n) is 5.43. The minimum absolute atomic E-state index is 0.422. The molecule has 0 rings (SSSR count). The molecule has 0 amide bonds. The number of hydrogen-bond donors (Lipinski definition) is 2. The lowest BCUT2D eigenvalue weighted by Gasteiger charge is -1.99. The molecule has 0 aliphatic rings. The van der Waals surface area contributed by atoms with E-state index in [0.29, 0.717) is 6.67 Å². The molecule has 0 saturated carbocycles. The van der Waals surface area contributed by atoms with Crippen molar-refractivity contribution in [1.29, 1.82) is 0 Å². The Morgan fingerprint density at radius 3 is 2.56 bits per heavy atom. The number of hydrogen-bond acceptors (Lipinski definition) is 2. The summed E-state index contributed by atoms with van der Waals surface area (Å²) in [6.07, 6.45) is 5.17. The predicted molar refractivity (Wildman–Crippen MR) is 40.7 cm³/mol. The van der Waals surface area contributed by atoms with Crippen LogP contribution in [-0.2, 0) is 0 Å². The molecule has 0 spiro atoms. The molecule has 0 unspecified atom stereocenters. The third kappa shape index (κ3) is 3.55. The van der Waals surface area contributed by atoms with Crippen molar-refractivity contribution in [2.45, 2.75) is 0 Å². The van der Waals surface area contributed by atoms with Crippen molar-refractivity contribution >= 4 is 0 Å². The molecule has 0 aromatic carbocycles. The van der Waals surface area contributed by atoms with Gasteiger partial charge in [0.15, 0.2) is 0 Å². The maximum atomic E-state index is 5.20. The van der Waals surface area contributed by atoms with Crippen molar-refractivity contribution in [3.05, 3.63) is 37.1 Å². The van der Waals surface area contributed by atoms with Crippen LogP contribution in [0, 0.1) is 0 Å². The van der Waals surface area contributed by atoms with Gasteiger partial charge in [-0.05, 0) is 12.2 Å². The third-order valence-corrected chi connectivity index (χ3v) is 0.824. The van der Waals surface area contributed by atoms with Gasteiger partial charge in [-0.2, -0.15) is 0 Å². The molecular weight excluding hydrogens is 112 g/mol. The Kier molecular flexibility index (Phi) is 4.54. The van der Waals surface area contributed by atoms with Gasteiger partial charge in [0.1, 0.15) is 0 Å². The Labute approximate surface area is 55.7 Å². The molecule has 2 heteroatoms. The first-order chi connectivity index (χ1) is 4.35. The van der Waals surface area contributed by atoms with E-state index in [-0.39, 0.29) is 0 Å². The number of allylic oxidation sites excluding steroid dienone is 3. The van der Waals surface area contributed by atoms with Gasteiger partial charge in [0.25, 0.3) is 0 Å². The molecule has 0 bridgehead atoms. The van der Waals surface area contributed by atoms with Crippen LogP contribution >= 0.6 is 0 Å². The second-order valence-electron chi connectivity index (χ2n) is 1.44. The van der Waals surface area contributed by atoms with E-state index in [1.165, 1.54) is 0 Å². The molecule has 0 fully saturated rings. The van der Waals surface area contributed by atoms with E-state index in [2.05, 4.69) is 18.5 Å². The average molecular weight is 124 g/mol. The van der Waals surface area contributed by atoms with Crippen LogP contribution < -0.4 is 11.1 Å². The summed E-state index contributed by atoms with van der Waals surface area (Å²) in [5.41, 5.74) is 6.10. The highest BCUT2D eigenvalue weighted by Crippen LogP contribution is 1.87. The molecule has 3 N–H and O–H groups in total. The van der Waals surface area contributed by atoms with Crippen LogP contribution in [0.25, 0.3) is 0 Å². The Morgan fingerprint density at radius 1 is 1.56 bits per heavy atom. The van der Waals surface area contributed by atoms with Crippen LogP contribution in [0.5, 0.6) is 0 Å². The first kappa shape index (κ1) is 7.98. The molecule has 9 heavy (non-hydrogen) atoms. The Hall–Kier alpha value is -1.02. The van der Waals surface area contributed by atoms with Gasteiger partial charge in [-0.1, -0.05) is 19.2 Å². The van der Waals surface area contributed by atoms with E-state index in [1.54, 1.807) is 18.2 Å². The molecule has 0 heterocycles. The number of nitrogens with two attached hydrogens (primary N) is 1. The molecule has 0 atom stereocenters. The van der Waals surface area contributed by atoms with Crippen molar-refractivity contribution in [1.82, 2.24) is 5.32 Å². The van der Waals surface area contributed by atoms with E-state index >= 15 is 0 Å². The Morgan fingerprint density at radius 2 is 2.22 bits per heavy atom. The van der Waals surface area contributed by atoms with E-state index < -0.39 is 0 Å². The summed E-state index contributed by atoms with van der Waals surface area (Å²) >= 11 is 0. The summed E-state index contributed by atoms with van der Waals surface area (Å²) in [6, 6.07) is 0. The average Bonchev–Trinajstić information content (AvgIpc) is 1.88. The van der Waals surface area contributed by atoms with Crippen LogP contribution in [0.2, 0.25) is 0 Å². The lowest BCUT2D eigenvalue weighted by Crippen LogP contribution is -2.20. The summed E-state index contributed by atoms with van der Waals surface area (Å²) < 4.78 is 0. The predicted octanol–water partition coefficient (Wildman–Crippen LogP) is 0.748. The number of rotatable bonds is 4. The van der Waals surface area contributed by atoms with Gasteiger partial charge < -0.3 is 11.1 Å². The Balaban J connectivity index is 3.80. The summed E-state index contributed by atoms with van der Waals surface area (Å²) in [5.74, 6) is 0. The summed E-state index contributed by atoms with van der Waals surface area (Å²) in [4.78, 5) is 0. The fraction of sp³-hybridized carbons (Fsp3) is 0.143. The van der Waals surface area contributed by atoms with Gasteiger partial charge in [-0.15, -0.1) is 0 Å². The highest BCUT2D eigenvalue weighted by Gasteiger charge is 1.80. The van der Waals surface area contributed by atoms with Crippen molar-refractivity contribution < 1.29 is 0 Å². The third-order valence-electron chi connectivity index (χ3n) is 0.824. The minimum Gasteiger partial charge on any atom is -0.373 e. The topological polar surface area (TPSA) is 38.0 Å². The highest BCUT2D eigenvalue weighted by molar-refractivity contribution is 5.18. The molecular formula is C7H12N2. The van der Waals surface area contributed by atoms with Gasteiger partial charge in [-0.3, -0.25) is 0 Å². The van der Waals surface area contributed by atoms with E-state index in [0.717, 1.165) is 5.70 Å². The summed E-state index contributed by atoms with van der Waals surface area (Å²) in [5, 5.41) is 2.88. The van der Waals surface area contributed by atoms with Gasteiger partial charge in [0.2, 0.25) is 0 Å². The van der Waals surface area contributed by atoms with Crippen LogP contribution in [0.1, 0.15) is 0 Å². The van der Waals surface area contributed by atoms with Crippen LogP contribution in [-0.4, -0.2) is 6.67 Å². The Bertz CT molecular complexity index is 125. The monoisotopic (exact) mass is 124 g/mol. The lowest BCUT2D eigenvalue weighted by molar-refractivity contribution is 0.849. The van der Waals surface area contributed by atoms with E-state index in [1.807, 2.05) is 0 Å². The largest absolute Gasteiger partial charge is 0.373 e. The molecule has 2 nitrogen and oxygen atoms in total. The fourth-order valence-electron chi connectivity index (χ4n) is 0.444. The van der Waals surface area contributed by atoms with Gasteiger partial charge >= 0.3 is 0 Å². The molecule has 0 aliphatic carbocycles. The molecule has 0 aromatic rings. The van der Waals surface area contributed by atoms with Crippen molar-refractivity contribution in [2.24, 2.45) is 5.73 Å². The van der Waals surface area contributed by atoms with Crippen molar-refractivity contribution in [3.63, 3.8) is 0 Å². The molecule has 0 aliphatic heterocycles. The molecule has 0 aromatic heterocycles. The standard InChI is InChI=1S/C7H12N2/c1-3-5-7(4-2)9-6-8/h3-5,9H,1-2,6,8H2/b7-5+. The van der Waals surface area contributed by atoms with Crippen LogP contribution in [0.3, 0.4) is 0 Å². The highest BCUT2D eigenvalue weighted by atomic mass is 15.0. The molecule has 50 valence electrons. The zero-order chi connectivity index (χ0) is 7.11. The van der Waals surface area contributed by atoms with Crippen molar-refractivity contribution in [2.75, 3.05) is 6.67 Å². The van der Waals surface area contributed by atoms with Gasteiger partial charge in [-0.25, -0.2) is 0 Å². The van der Waals surface area contributed by atoms with Crippen LogP contribution in [0.15, 0.2) is 37.1 Å². The van der Waals surface area contributed by atoms with Gasteiger partial charge in [0, 0.05) is 5.70 Å². The molecule has 0 radical (unpaired) electrons. The second kappa shape index (κ2) is 5.12. The lowest BCUT2D eigenvalue weighted by atomic mass is 10.4. The second-order valence-corrected chi connectivity index (χ2v) is 1.44. The normalized spacial score (nSPS) is 10.6. The molecule has 0 saturated heterocycles. The minimum atomic E-state index is 0.422. The smallest absolute Gasteiger partial charge is 0.0628 e. The number of nitrogens with one attached hydrogen (secondary N) is 1. The SMILES string of the molecule is C=C/C=C(\C=C)NCN. The van der Waals surface area contributed by atoms with E-state index in [4.69, 9.17) is 5.73 Å². The first-order valence-corrected chi connectivity index (χ1v) is 2.74. The summed E-state index contributed by atoms with van der Waals surface area (Å²) in [6.45, 7) is 7.51. The maximum Gasteiger partial charge on any atom is 0.0628 e. The maximum absolute atomic E-state index is 5.20. The quantitative estimate of drug-likeness (QED) is 0.428. The van der Waals surface area contributed by atoms with Crippen molar-refractivity contribution in [3.8, 4) is 0 Å². The zero-order valence-corrected chi connectivity index (χ0v) is 5.43. The fourth-order valence-corrected chi connectivity index (χ4v) is 0.444. The first-order valence-electron chi connectivity index (χ1n) is 2.74.